The van der Waals surface area contributed by atoms with Gasteiger partial charge < -0.3 is 4.52 Å². The molecule has 1 fully saturated rings. The lowest BCUT2D eigenvalue weighted by atomic mass is 10.2. The highest BCUT2D eigenvalue weighted by Crippen LogP contribution is 2.25. The monoisotopic (exact) mass is 490 g/mol. The molecular weight excluding hydrogens is 464 g/mol. The number of aromatic nitrogens is 2. The molecule has 0 spiro atoms. The van der Waals surface area contributed by atoms with Crippen LogP contribution in [-0.2, 0) is 20.0 Å². The van der Waals surface area contributed by atoms with Gasteiger partial charge in [0.05, 0.1) is 15.8 Å². The van der Waals surface area contributed by atoms with Crippen molar-refractivity contribution in [1.29, 1.82) is 0 Å². The summed E-state index contributed by atoms with van der Waals surface area (Å²) >= 11 is 0. The average molecular weight is 491 g/mol. The Balaban J connectivity index is 1.48. The predicted molar refractivity (Wildman–Crippen MR) is 122 cm³/mol. The molecular formula is C22H26N4O5S2. The second-order valence-electron chi connectivity index (χ2n) is 8.10. The molecule has 0 saturated carbocycles. The van der Waals surface area contributed by atoms with Gasteiger partial charge in [0.2, 0.25) is 31.8 Å². The molecule has 0 aliphatic carbocycles. The average Bonchev–Trinajstić information content (AvgIpc) is 3.30. The molecule has 1 aliphatic heterocycles. The van der Waals surface area contributed by atoms with Crippen molar-refractivity contribution in [2.24, 2.45) is 0 Å². The third-order valence-corrected chi connectivity index (χ3v) is 9.01. The topological polar surface area (TPSA) is 122 Å². The molecule has 1 saturated heterocycles. The van der Waals surface area contributed by atoms with Crippen molar-refractivity contribution < 1.29 is 21.4 Å². The van der Waals surface area contributed by atoms with Crippen LogP contribution >= 0.6 is 0 Å². The Hall–Kier alpha value is -2.60. The van der Waals surface area contributed by atoms with Crippen LogP contribution in [0.15, 0.2) is 62.8 Å². The van der Waals surface area contributed by atoms with Gasteiger partial charge in [0.1, 0.15) is 0 Å². The summed E-state index contributed by atoms with van der Waals surface area (Å²) in [6.45, 7) is 4.56. The molecule has 3 aromatic rings. The quantitative estimate of drug-likeness (QED) is 0.539. The van der Waals surface area contributed by atoms with E-state index in [1.165, 1.54) is 28.6 Å². The van der Waals surface area contributed by atoms with E-state index < -0.39 is 26.1 Å². The molecule has 1 N–H and O–H groups in total. The highest BCUT2D eigenvalue weighted by atomic mass is 32.2. The van der Waals surface area contributed by atoms with E-state index in [-0.39, 0.29) is 21.5 Å². The zero-order valence-electron chi connectivity index (χ0n) is 18.4. The SMILES string of the molecule is Cc1ccc(S(=O)(=O)NC(C)c2nc(-c3ccc(S(=O)(=O)N4CCCCC4)cc3)no2)cc1. The Bertz CT molecular complexity index is 1310. The minimum Gasteiger partial charge on any atom is -0.337 e. The zero-order chi connectivity index (χ0) is 23.6. The summed E-state index contributed by atoms with van der Waals surface area (Å²) in [6, 6.07) is 12.0. The van der Waals surface area contributed by atoms with Crippen LogP contribution < -0.4 is 4.72 Å². The molecule has 2 heterocycles. The summed E-state index contributed by atoms with van der Waals surface area (Å²) < 4.78 is 60.1. The lowest BCUT2D eigenvalue weighted by Crippen LogP contribution is -2.35. The molecule has 0 radical (unpaired) electrons. The molecule has 33 heavy (non-hydrogen) atoms. The fourth-order valence-corrected chi connectivity index (χ4v) is 6.34. The van der Waals surface area contributed by atoms with Gasteiger partial charge in [-0.1, -0.05) is 29.3 Å². The summed E-state index contributed by atoms with van der Waals surface area (Å²) in [4.78, 5) is 4.65. The Morgan fingerprint density at radius 3 is 2.15 bits per heavy atom. The largest absolute Gasteiger partial charge is 0.337 e. The summed E-state index contributed by atoms with van der Waals surface area (Å²) in [5.41, 5.74) is 1.52. The molecule has 1 atom stereocenters. The number of hydrogen-bond donors (Lipinski definition) is 1. The summed E-state index contributed by atoms with van der Waals surface area (Å²) in [5, 5.41) is 3.92. The van der Waals surface area contributed by atoms with Crippen molar-refractivity contribution in [2.75, 3.05) is 13.1 Å². The molecule has 0 amide bonds. The first-order valence-electron chi connectivity index (χ1n) is 10.7. The number of benzene rings is 2. The maximum Gasteiger partial charge on any atom is 0.244 e. The fourth-order valence-electron chi connectivity index (χ4n) is 3.63. The molecule has 2 aromatic carbocycles. The Labute approximate surface area is 193 Å². The number of piperidine rings is 1. The molecule has 9 nitrogen and oxygen atoms in total. The van der Waals surface area contributed by atoms with Crippen molar-refractivity contribution in [3.05, 3.63) is 60.0 Å². The number of nitrogens with one attached hydrogen (secondary N) is 1. The minimum atomic E-state index is -3.76. The van der Waals surface area contributed by atoms with Crippen LogP contribution in [0.25, 0.3) is 11.4 Å². The van der Waals surface area contributed by atoms with Crippen molar-refractivity contribution in [2.45, 2.75) is 48.9 Å². The van der Waals surface area contributed by atoms with Crippen molar-refractivity contribution in [1.82, 2.24) is 19.2 Å². The fraction of sp³-hybridized carbons (Fsp3) is 0.364. The molecule has 1 unspecified atom stereocenters. The number of sulfonamides is 2. The maximum atomic E-state index is 12.8. The molecule has 0 bridgehead atoms. The van der Waals surface area contributed by atoms with Crippen LogP contribution in [0.1, 0.15) is 43.7 Å². The standard InChI is InChI=1S/C22H26N4O5S2/c1-16-6-10-19(11-7-16)32(27,28)25-17(2)22-23-21(24-31-22)18-8-12-20(13-9-18)33(29,30)26-14-4-3-5-15-26/h6-13,17,25H,3-5,14-15H2,1-2H3. The normalized spacial score (nSPS) is 16.5. The van der Waals surface area contributed by atoms with Gasteiger partial charge in [0.15, 0.2) is 0 Å². The Morgan fingerprint density at radius 1 is 0.909 bits per heavy atom. The van der Waals surface area contributed by atoms with Gasteiger partial charge in [-0.05, 0) is 63.1 Å². The van der Waals surface area contributed by atoms with Gasteiger partial charge >= 0.3 is 0 Å². The van der Waals surface area contributed by atoms with Crippen LogP contribution in [0, 0.1) is 6.92 Å². The molecule has 4 rings (SSSR count). The Kier molecular flexibility index (Phi) is 6.66. The summed E-state index contributed by atoms with van der Waals surface area (Å²) in [5.74, 6) is 0.346. The smallest absolute Gasteiger partial charge is 0.244 e. The number of rotatable bonds is 7. The minimum absolute atomic E-state index is 0.103. The maximum absolute atomic E-state index is 12.8. The van der Waals surface area contributed by atoms with Crippen LogP contribution in [0.5, 0.6) is 0 Å². The third-order valence-electron chi connectivity index (χ3n) is 5.54. The van der Waals surface area contributed by atoms with Gasteiger partial charge in [-0.25, -0.2) is 16.8 Å². The number of aryl methyl sites for hydroxylation is 1. The van der Waals surface area contributed by atoms with Gasteiger partial charge in [-0.3, -0.25) is 0 Å². The Morgan fingerprint density at radius 2 is 1.52 bits per heavy atom. The van der Waals surface area contributed by atoms with Gasteiger partial charge in [0.25, 0.3) is 0 Å². The second kappa shape index (κ2) is 9.34. The molecule has 1 aromatic heterocycles. The molecule has 176 valence electrons. The van der Waals surface area contributed by atoms with E-state index in [1.807, 2.05) is 6.92 Å². The van der Waals surface area contributed by atoms with E-state index in [0.717, 1.165) is 24.8 Å². The predicted octanol–water partition coefficient (Wildman–Crippen LogP) is 3.26. The van der Waals surface area contributed by atoms with Crippen LogP contribution in [0.2, 0.25) is 0 Å². The van der Waals surface area contributed by atoms with E-state index in [4.69, 9.17) is 4.52 Å². The van der Waals surface area contributed by atoms with Gasteiger partial charge in [0, 0.05) is 18.7 Å². The highest BCUT2D eigenvalue weighted by Gasteiger charge is 2.26. The first-order valence-corrected chi connectivity index (χ1v) is 13.6. The number of nitrogens with zero attached hydrogens (tertiary/aromatic N) is 3. The van der Waals surface area contributed by atoms with Gasteiger partial charge in [-0.15, -0.1) is 0 Å². The van der Waals surface area contributed by atoms with Gasteiger partial charge in [-0.2, -0.15) is 14.0 Å². The van der Waals surface area contributed by atoms with E-state index in [9.17, 15) is 16.8 Å². The number of hydrogen-bond acceptors (Lipinski definition) is 7. The van der Waals surface area contributed by atoms with Crippen LogP contribution in [-0.4, -0.2) is 44.4 Å². The summed E-state index contributed by atoms with van der Waals surface area (Å²) in [6.07, 6.45) is 2.79. The molecule has 1 aliphatic rings. The van der Waals surface area contributed by atoms with E-state index in [2.05, 4.69) is 14.9 Å². The van der Waals surface area contributed by atoms with E-state index in [0.29, 0.717) is 18.7 Å². The lowest BCUT2D eigenvalue weighted by molar-refractivity contribution is 0.346. The lowest BCUT2D eigenvalue weighted by Gasteiger charge is -2.25. The van der Waals surface area contributed by atoms with Crippen molar-refractivity contribution in [3.8, 4) is 11.4 Å². The van der Waals surface area contributed by atoms with E-state index in [1.54, 1.807) is 31.2 Å². The van der Waals surface area contributed by atoms with Crippen molar-refractivity contribution in [3.63, 3.8) is 0 Å². The van der Waals surface area contributed by atoms with Crippen molar-refractivity contribution >= 4 is 20.0 Å². The zero-order valence-corrected chi connectivity index (χ0v) is 20.1. The first-order chi connectivity index (χ1) is 15.7. The van der Waals surface area contributed by atoms with Crippen LogP contribution in [0.3, 0.4) is 0 Å². The van der Waals surface area contributed by atoms with E-state index >= 15 is 0 Å². The first kappa shape index (κ1) is 23.6. The molecule has 11 heteroatoms. The third kappa shape index (κ3) is 5.16. The highest BCUT2D eigenvalue weighted by molar-refractivity contribution is 7.89. The summed E-state index contributed by atoms with van der Waals surface area (Å²) in [7, 11) is -7.29. The second-order valence-corrected chi connectivity index (χ2v) is 11.8. The van der Waals surface area contributed by atoms with Crippen LogP contribution in [0.4, 0.5) is 0 Å².